The lowest BCUT2D eigenvalue weighted by Gasteiger charge is -1.98. The average molecular weight is 274 g/mol. The predicted molar refractivity (Wildman–Crippen MR) is 79.4 cm³/mol. The van der Waals surface area contributed by atoms with Crippen LogP contribution in [0.15, 0.2) is 44.9 Å². The van der Waals surface area contributed by atoms with Gasteiger partial charge < -0.3 is 10.2 Å². The Balaban J connectivity index is 0.000000637. The minimum atomic E-state index is -0.394. The van der Waals surface area contributed by atoms with Gasteiger partial charge in [0.15, 0.2) is 5.13 Å². The number of hydrogen-bond acceptors (Lipinski definition) is 5. The second-order valence-electron chi connectivity index (χ2n) is 3.56. The average Bonchev–Trinajstić information content (AvgIpc) is 2.87. The van der Waals surface area contributed by atoms with E-state index in [-0.39, 0.29) is 0 Å². The van der Waals surface area contributed by atoms with Crippen LogP contribution >= 0.6 is 11.3 Å². The van der Waals surface area contributed by atoms with Crippen LogP contribution in [0.25, 0.3) is 22.2 Å². The van der Waals surface area contributed by atoms with Gasteiger partial charge in [-0.3, -0.25) is 0 Å². The molecule has 0 amide bonds. The molecule has 0 aliphatic rings. The largest absolute Gasteiger partial charge is 0.422 e. The molecule has 5 heteroatoms. The molecule has 0 aliphatic heterocycles. The maximum absolute atomic E-state index is 11.8. The number of anilines is 1. The Morgan fingerprint density at radius 2 is 2.00 bits per heavy atom. The molecule has 2 aromatic heterocycles. The van der Waals surface area contributed by atoms with E-state index < -0.39 is 5.63 Å². The number of rotatable bonds is 1. The SMILES string of the molecule is CC.Nc1nc(-c2cc3ccccc3oc2=O)cs1. The van der Waals surface area contributed by atoms with E-state index in [1.165, 1.54) is 11.3 Å². The topological polar surface area (TPSA) is 69.1 Å². The molecule has 0 unspecified atom stereocenters. The molecule has 0 spiro atoms. The lowest BCUT2D eigenvalue weighted by atomic mass is 10.1. The van der Waals surface area contributed by atoms with Gasteiger partial charge in [0.2, 0.25) is 0 Å². The highest BCUT2D eigenvalue weighted by Gasteiger charge is 2.10. The van der Waals surface area contributed by atoms with Gasteiger partial charge in [-0.05, 0) is 12.1 Å². The highest BCUT2D eigenvalue weighted by molar-refractivity contribution is 7.13. The Morgan fingerprint density at radius 3 is 2.68 bits per heavy atom. The summed E-state index contributed by atoms with van der Waals surface area (Å²) in [7, 11) is 0. The molecule has 1 aromatic carbocycles. The Hall–Kier alpha value is -2.14. The number of nitrogens with zero attached hydrogens (tertiary/aromatic N) is 1. The molecule has 0 saturated carbocycles. The third kappa shape index (κ3) is 2.66. The Kier molecular flexibility index (Phi) is 3.97. The first-order valence-corrected chi connectivity index (χ1v) is 6.86. The van der Waals surface area contributed by atoms with Crippen molar-refractivity contribution in [3.63, 3.8) is 0 Å². The van der Waals surface area contributed by atoms with Crippen LogP contribution < -0.4 is 11.4 Å². The van der Waals surface area contributed by atoms with E-state index in [1.807, 2.05) is 32.0 Å². The zero-order chi connectivity index (χ0) is 13.8. The van der Waals surface area contributed by atoms with Gasteiger partial charge in [0.05, 0.1) is 11.3 Å². The first kappa shape index (κ1) is 13.3. The Bertz CT molecular complexity index is 746. The Labute approximate surface area is 114 Å². The number of thiazole rings is 1. The van der Waals surface area contributed by atoms with Gasteiger partial charge in [0.25, 0.3) is 0 Å². The van der Waals surface area contributed by atoms with Gasteiger partial charge in [0, 0.05) is 10.8 Å². The molecule has 4 nitrogen and oxygen atoms in total. The van der Waals surface area contributed by atoms with Crippen molar-refractivity contribution in [2.24, 2.45) is 0 Å². The van der Waals surface area contributed by atoms with Gasteiger partial charge in [-0.15, -0.1) is 11.3 Å². The van der Waals surface area contributed by atoms with Crippen LogP contribution in [-0.4, -0.2) is 4.98 Å². The van der Waals surface area contributed by atoms with E-state index in [0.29, 0.717) is 22.0 Å². The lowest BCUT2D eigenvalue weighted by molar-refractivity contribution is 0.563. The third-order valence-corrected chi connectivity index (χ3v) is 3.11. The summed E-state index contributed by atoms with van der Waals surface area (Å²) in [5.74, 6) is 0. The zero-order valence-electron chi connectivity index (χ0n) is 10.7. The summed E-state index contributed by atoms with van der Waals surface area (Å²) in [5, 5.41) is 3.05. The predicted octanol–water partition coefficient (Wildman–Crippen LogP) is 3.52. The summed E-state index contributed by atoms with van der Waals surface area (Å²) in [4.78, 5) is 15.9. The number of nitrogen functional groups attached to an aromatic ring is 1. The summed E-state index contributed by atoms with van der Waals surface area (Å²) >= 11 is 1.30. The van der Waals surface area contributed by atoms with Crippen LogP contribution in [0.5, 0.6) is 0 Å². The maximum Gasteiger partial charge on any atom is 0.345 e. The standard InChI is InChI=1S/C12H8N2O2S.C2H6/c13-12-14-9(6-17-12)8-5-7-3-1-2-4-10(7)16-11(8)15;1-2/h1-6H,(H2,13,14);1-2H3. The smallest absolute Gasteiger partial charge is 0.345 e. The van der Waals surface area contributed by atoms with Gasteiger partial charge in [0.1, 0.15) is 5.58 Å². The molecule has 98 valence electrons. The zero-order valence-corrected chi connectivity index (χ0v) is 11.5. The first-order chi connectivity index (χ1) is 9.24. The molecule has 0 bridgehead atoms. The maximum atomic E-state index is 11.8. The number of aromatic nitrogens is 1. The van der Waals surface area contributed by atoms with Crippen LogP contribution in [0.3, 0.4) is 0 Å². The monoisotopic (exact) mass is 274 g/mol. The van der Waals surface area contributed by atoms with Gasteiger partial charge in [-0.25, -0.2) is 9.78 Å². The molecule has 0 fully saturated rings. The minimum Gasteiger partial charge on any atom is -0.422 e. The van der Waals surface area contributed by atoms with Crippen molar-refractivity contribution in [2.75, 3.05) is 5.73 Å². The molecule has 2 N–H and O–H groups in total. The van der Waals surface area contributed by atoms with E-state index in [4.69, 9.17) is 10.2 Å². The summed E-state index contributed by atoms with van der Waals surface area (Å²) < 4.78 is 5.22. The second-order valence-corrected chi connectivity index (χ2v) is 4.45. The molecule has 3 rings (SSSR count). The van der Waals surface area contributed by atoms with Crippen molar-refractivity contribution in [3.05, 3.63) is 46.1 Å². The minimum absolute atomic E-state index is 0.394. The van der Waals surface area contributed by atoms with Crippen LogP contribution in [0.1, 0.15) is 13.8 Å². The molecular formula is C14H14N2O2S. The normalized spacial score (nSPS) is 10.0. The highest BCUT2D eigenvalue weighted by atomic mass is 32.1. The van der Waals surface area contributed by atoms with Crippen LogP contribution in [0.4, 0.5) is 5.13 Å². The van der Waals surface area contributed by atoms with Crippen molar-refractivity contribution < 1.29 is 4.42 Å². The number of para-hydroxylation sites is 1. The molecule has 3 aromatic rings. The molecule has 2 heterocycles. The first-order valence-electron chi connectivity index (χ1n) is 5.98. The molecule has 19 heavy (non-hydrogen) atoms. The Morgan fingerprint density at radius 1 is 1.26 bits per heavy atom. The van der Waals surface area contributed by atoms with Crippen LogP contribution in [-0.2, 0) is 0 Å². The van der Waals surface area contributed by atoms with Crippen LogP contribution in [0.2, 0.25) is 0 Å². The second kappa shape index (κ2) is 5.67. The van der Waals surface area contributed by atoms with Gasteiger partial charge in [-0.2, -0.15) is 0 Å². The van der Waals surface area contributed by atoms with Crippen LogP contribution in [0, 0.1) is 0 Å². The fraction of sp³-hybridized carbons (Fsp3) is 0.143. The van der Waals surface area contributed by atoms with E-state index >= 15 is 0 Å². The summed E-state index contributed by atoms with van der Waals surface area (Å²) in [5.41, 5.74) is 6.74. The quantitative estimate of drug-likeness (QED) is 0.689. The van der Waals surface area contributed by atoms with Crippen molar-refractivity contribution in [3.8, 4) is 11.3 Å². The lowest BCUT2D eigenvalue weighted by Crippen LogP contribution is -2.02. The summed E-state index contributed by atoms with van der Waals surface area (Å²) in [6.07, 6.45) is 0. The molecule has 0 radical (unpaired) electrons. The van der Waals surface area contributed by atoms with Crippen molar-refractivity contribution in [1.29, 1.82) is 0 Å². The number of fused-ring (bicyclic) bond motifs is 1. The summed E-state index contributed by atoms with van der Waals surface area (Å²) in [6, 6.07) is 9.14. The molecule has 0 aliphatic carbocycles. The number of hydrogen-bond donors (Lipinski definition) is 1. The van der Waals surface area contributed by atoms with Gasteiger partial charge in [-0.1, -0.05) is 32.0 Å². The molecular weight excluding hydrogens is 260 g/mol. The van der Waals surface area contributed by atoms with E-state index in [0.717, 1.165) is 5.39 Å². The fourth-order valence-corrected chi connectivity index (χ4v) is 2.21. The van der Waals surface area contributed by atoms with E-state index in [1.54, 1.807) is 17.5 Å². The number of benzene rings is 1. The van der Waals surface area contributed by atoms with E-state index in [9.17, 15) is 4.79 Å². The van der Waals surface area contributed by atoms with Crippen molar-refractivity contribution in [1.82, 2.24) is 4.98 Å². The molecule has 0 atom stereocenters. The third-order valence-electron chi connectivity index (χ3n) is 2.44. The number of nitrogens with two attached hydrogens (primary N) is 1. The van der Waals surface area contributed by atoms with Crippen molar-refractivity contribution >= 4 is 27.4 Å². The highest BCUT2D eigenvalue weighted by Crippen LogP contribution is 2.23. The van der Waals surface area contributed by atoms with E-state index in [2.05, 4.69) is 4.98 Å². The molecule has 0 saturated heterocycles. The fourth-order valence-electron chi connectivity index (χ4n) is 1.65. The van der Waals surface area contributed by atoms with Gasteiger partial charge >= 0.3 is 5.63 Å². The van der Waals surface area contributed by atoms with Crippen molar-refractivity contribution in [2.45, 2.75) is 13.8 Å². The summed E-state index contributed by atoms with van der Waals surface area (Å²) in [6.45, 7) is 4.00.